The Kier molecular flexibility index (Phi) is 5.93. The number of amides is 1. The highest BCUT2D eigenvalue weighted by Crippen LogP contribution is 2.43. The van der Waals surface area contributed by atoms with Crippen LogP contribution in [0.15, 0.2) is 78.7 Å². The Morgan fingerprint density at radius 2 is 1.95 bits per heavy atom. The minimum Gasteiger partial charge on any atom is -0.402 e. The number of H-pyrrole nitrogens is 1. The van der Waals surface area contributed by atoms with Crippen LogP contribution in [0.4, 0.5) is 11.4 Å². The number of anilines is 2. The number of allylic oxidation sites excluding steroid dienone is 3. The van der Waals surface area contributed by atoms with Crippen LogP contribution in [0.5, 0.6) is 0 Å². The van der Waals surface area contributed by atoms with Crippen LogP contribution in [0.25, 0.3) is 22.4 Å². The average Bonchev–Trinajstić information content (AvgIpc) is 3.65. The summed E-state index contributed by atoms with van der Waals surface area (Å²) in [6, 6.07) is 9.78. The quantitative estimate of drug-likeness (QED) is 0.223. The fourth-order valence-corrected chi connectivity index (χ4v) is 5.40. The molecule has 210 valence electrons. The number of nitrogens with one attached hydrogen (secondary N) is 4. The second-order valence-corrected chi connectivity index (χ2v) is 12.0. The van der Waals surface area contributed by atoms with Crippen molar-refractivity contribution < 1.29 is 4.79 Å². The van der Waals surface area contributed by atoms with Crippen LogP contribution >= 0.6 is 0 Å². The molecule has 0 saturated carbocycles. The summed E-state index contributed by atoms with van der Waals surface area (Å²) in [7, 11) is 0. The van der Waals surface area contributed by atoms with Crippen LogP contribution in [0, 0.1) is 5.41 Å². The molecule has 1 saturated heterocycles. The zero-order chi connectivity index (χ0) is 29.0. The Bertz CT molecular complexity index is 1830. The van der Waals surface area contributed by atoms with E-state index in [0.29, 0.717) is 18.5 Å². The van der Waals surface area contributed by atoms with Gasteiger partial charge in [-0.3, -0.25) is 19.7 Å². The Balaban J connectivity index is 1.25. The number of hydrogen-bond donors (Lipinski definition) is 5. The van der Waals surface area contributed by atoms with Gasteiger partial charge < -0.3 is 26.7 Å². The maximum atomic E-state index is 12.5. The van der Waals surface area contributed by atoms with Crippen molar-refractivity contribution in [1.82, 2.24) is 30.2 Å². The molecule has 1 unspecified atom stereocenters. The first-order valence-corrected chi connectivity index (χ1v) is 13.9. The van der Waals surface area contributed by atoms with Gasteiger partial charge >= 0.3 is 0 Å². The summed E-state index contributed by atoms with van der Waals surface area (Å²) >= 11 is 0. The minimum absolute atomic E-state index is 0.0313. The van der Waals surface area contributed by atoms with E-state index in [2.05, 4.69) is 30.9 Å². The third-order valence-electron chi connectivity index (χ3n) is 7.31. The van der Waals surface area contributed by atoms with Crippen LogP contribution in [-0.4, -0.2) is 37.0 Å². The Morgan fingerprint density at radius 1 is 1.07 bits per heavy atom. The molecular formula is C32H31N9O. The SMILES string of the molecule is CC(C)(C)CC(=O)Nc1cncc(-c2cc3c(cn2)NC2NC2=C3c2nc3c([nH]2)CC(N)=CC=C3c2ccccn2)c1. The van der Waals surface area contributed by atoms with E-state index >= 15 is 0 Å². The molecule has 42 heavy (non-hydrogen) atoms. The molecule has 0 bridgehead atoms. The van der Waals surface area contributed by atoms with Gasteiger partial charge in [-0.2, -0.15) is 0 Å². The lowest BCUT2D eigenvalue weighted by atomic mass is 9.92. The largest absolute Gasteiger partial charge is 0.402 e. The maximum absolute atomic E-state index is 12.5. The van der Waals surface area contributed by atoms with Gasteiger partial charge in [0.25, 0.3) is 0 Å². The molecule has 1 atom stereocenters. The molecule has 1 aliphatic carbocycles. The number of aromatic amines is 1. The number of aromatic nitrogens is 5. The lowest BCUT2D eigenvalue weighted by Gasteiger charge is -2.18. The normalized spacial score (nSPS) is 17.0. The number of carbonyl (C=O) groups excluding carboxylic acids is 1. The molecule has 2 aliphatic heterocycles. The van der Waals surface area contributed by atoms with E-state index in [4.69, 9.17) is 15.7 Å². The predicted octanol–water partition coefficient (Wildman–Crippen LogP) is 4.58. The molecule has 0 aromatic carbocycles. The van der Waals surface area contributed by atoms with Crippen LogP contribution in [0.1, 0.15) is 55.7 Å². The van der Waals surface area contributed by atoms with E-state index in [-0.39, 0.29) is 17.5 Å². The molecule has 7 rings (SSSR count). The number of imidazole rings is 1. The van der Waals surface area contributed by atoms with Gasteiger partial charge in [-0.25, -0.2) is 4.98 Å². The van der Waals surface area contributed by atoms with E-state index in [9.17, 15) is 4.79 Å². The standard InChI is InChI=1S/C32H31N9O/c1-32(2,3)13-26(42)37-19-10-17(14-34-15-19)23-12-21-25(16-36-23)39-31-29(41-31)27(21)30-38-24-11-18(33)7-8-20(28(24)40-30)22-6-4-5-9-35-22/h4-10,12,14-16,31,39,41H,11,13,33H2,1-3H3,(H,37,42)(H,38,40). The summed E-state index contributed by atoms with van der Waals surface area (Å²) in [5.74, 6) is 0.705. The van der Waals surface area contributed by atoms with Crippen molar-refractivity contribution >= 4 is 28.4 Å². The monoisotopic (exact) mass is 557 g/mol. The number of nitrogens with zero attached hydrogens (tertiary/aromatic N) is 4. The van der Waals surface area contributed by atoms with Crippen molar-refractivity contribution in [3.63, 3.8) is 0 Å². The summed E-state index contributed by atoms with van der Waals surface area (Å²) in [5.41, 5.74) is 16.6. The number of carbonyl (C=O) groups is 1. The van der Waals surface area contributed by atoms with Crippen molar-refractivity contribution in [3.05, 3.63) is 107 Å². The molecule has 6 heterocycles. The molecule has 3 aliphatic rings. The zero-order valence-corrected chi connectivity index (χ0v) is 23.6. The second kappa shape index (κ2) is 9.69. The lowest BCUT2D eigenvalue weighted by molar-refractivity contribution is -0.117. The summed E-state index contributed by atoms with van der Waals surface area (Å²) in [4.78, 5) is 34.9. The molecule has 10 heteroatoms. The number of nitrogens with two attached hydrogens (primary N) is 1. The van der Waals surface area contributed by atoms with E-state index in [1.165, 1.54) is 0 Å². The molecule has 1 fully saturated rings. The van der Waals surface area contributed by atoms with Crippen molar-refractivity contribution in [2.24, 2.45) is 11.1 Å². The van der Waals surface area contributed by atoms with Crippen molar-refractivity contribution in [2.45, 2.75) is 39.8 Å². The van der Waals surface area contributed by atoms with E-state index < -0.39 is 0 Å². The van der Waals surface area contributed by atoms with Gasteiger partial charge in [-0.1, -0.05) is 26.8 Å². The van der Waals surface area contributed by atoms with E-state index in [0.717, 1.165) is 68.0 Å². The van der Waals surface area contributed by atoms with Gasteiger partial charge in [0.15, 0.2) is 0 Å². The number of rotatable bonds is 5. The number of pyridine rings is 3. The fraction of sp³-hybridized carbons (Fsp3) is 0.219. The summed E-state index contributed by atoms with van der Waals surface area (Å²) in [5, 5.41) is 9.90. The topological polar surface area (TPSA) is 156 Å². The highest BCUT2D eigenvalue weighted by atomic mass is 16.1. The van der Waals surface area contributed by atoms with Crippen LogP contribution in [0.2, 0.25) is 0 Å². The van der Waals surface area contributed by atoms with Gasteiger partial charge in [-0.15, -0.1) is 0 Å². The first-order valence-electron chi connectivity index (χ1n) is 13.9. The van der Waals surface area contributed by atoms with Crippen LogP contribution in [-0.2, 0) is 11.2 Å². The fourth-order valence-electron chi connectivity index (χ4n) is 5.40. The summed E-state index contributed by atoms with van der Waals surface area (Å²) in [6.45, 7) is 6.11. The first-order chi connectivity index (χ1) is 20.2. The third-order valence-corrected chi connectivity index (χ3v) is 7.31. The molecule has 0 radical (unpaired) electrons. The summed E-state index contributed by atoms with van der Waals surface area (Å²) < 4.78 is 0. The Morgan fingerprint density at radius 3 is 2.76 bits per heavy atom. The predicted molar refractivity (Wildman–Crippen MR) is 163 cm³/mol. The molecule has 1 amide bonds. The van der Waals surface area contributed by atoms with Gasteiger partial charge in [0.05, 0.1) is 46.5 Å². The lowest BCUT2D eigenvalue weighted by Crippen LogP contribution is -2.19. The molecule has 10 nitrogen and oxygen atoms in total. The number of hydrogen-bond acceptors (Lipinski definition) is 8. The highest BCUT2D eigenvalue weighted by molar-refractivity contribution is 5.94. The highest BCUT2D eigenvalue weighted by Gasteiger charge is 2.40. The Hall–Kier alpha value is -5.25. The smallest absolute Gasteiger partial charge is 0.224 e. The van der Waals surface area contributed by atoms with E-state index in [1.54, 1.807) is 18.6 Å². The van der Waals surface area contributed by atoms with Gasteiger partial charge in [0.2, 0.25) is 5.91 Å². The molecular weight excluding hydrogens is 526 g/mol. The van der Waals surface area contributed by atoms with E-state index in [1.807, 2.05) is 69.5 Å². The summed E-state index contributed by atoms with van der Waals surface area (Å²) in [6.07, 6.45) is 11.9. The van der Waals surface area contributed by atoms with Crippen molar-refractivity contribution in [2.75, 3.05) is 10.6 Å². The zero-order valence-electron chi connectivity index (χ0n) is 23.6. The molecule has 4 aromatic heterocycles. The molecule has 0 spiro atoms. The molecule has 4 aromatic rings. The van der Waals surface area contributed by atoms with Gasteiger partial charge in [0, 0.05) is 58.9 Å². The first kappa shape index (κ1) is 25.7. The number of fused-ring (bicyclic) bond motifs is 3. The maximum Gasteiger partial charge on any atom is 0.224 e. The third kappa shape index (κ3) is 4.91. The van der Waals surface area contributed by atoms with Gasteiger partial charge in [0.1, 0.15) is 12.0 Å². The van der Waals surface area contributed by atoms with Gasteiger partial charge in [-0.05, 0) is 41.8 Å². The van der Waals surface area contributed by atoms with Crippen LogP contribution in [0.3, 0.4) is 0 Å². The minimum atomic E-state index is -0.110. The Labute approximate surface area is 243 Å². The second-order valence-electron chi connectivity index (χ2n) is 12.0. The van der Waals surface area contributed by atoms with Crippen molar-refractivity contribution in [3.8, 4) is 11.3 Å². The molecule has 6 N–H and O–H groups in total. The van der Waals surface area contributed by atoms with Crippen LogP contribution < -0.4 is 21.7 Å². The van der Waals surface area contributed by atoms with Crippen molar-refractivity contribution in [1.29, 1.82) is 0 Å². The average molecular weight is 558 g/mol.